The molecule has 4 rings (SSSR count). The molecule has 1 amide bonds. The molecular formula is C28H35N5O2. The molecule has 184 valence electrons. The van der Waals surface area contributed by atoms with Crippen LogP contribution in [0.1, 0.15) is 31.2 Å². The van der Waals surface area contributed by atoms with E-state index in [0.29, 0.717) is 13.0 Å². The quantitative estimate of drug-likeness (QED) is 0.422. The molecule has 0 radical (unpaired) electrons. The summed E-state index contributed by atoms with van der Waals surface area (Å²) in [7, 11) is 1.65. The summed E-state index contributed by atoms with van der Waals surface area (Å²) in [5.74, 6) is 0.948. The Labute approximate surface area is 208 Å². The second-order valence-corrected chi connectivity index (χ2v) is 8.87. The van der Waals surface area contributed by atoms with Gasteiger partial charge in [-0.25, -0.2) is 0 Å². The van der Waals surface area contributed by atoms with E-state index in [4.69, 9.17) is 4.74 Å². The Hall–Kier alpha value is -3.45. The first-order valence-electron chi connectivity index (χ1n) is 12.5. The fraction of sp³-hybridized carbons (Fsp3) is 0.393. The van der Waals surface area contributed by atoms with Crippen molar-refractivity contribution in [2.75, 3.05) is 44.7 Å². The predicted octanol–water partition coefficient (Wildman–Crippen LogP) is 4.15. The SMILES string of the molecule is COc1ccc(CNC(=O)CCCCCN2CCN(c3cccnc3-c3ccncc3)CC2)cc1. The molecule has 3 aromatic rings. The molecule has 0 unspecified atom stereocenters. The van der Waals surface area contributed by atoms with Gasteiger partial charge in [-0.05, 0) is 61.3 Å². The van der Waals surface area contributed by atoms with Crippen molar-refractivity contribution in [1.29, 1.82) is 0 Å². The van der Waals surface area contributed by atoms with Crippen LogP contribution < -0.4 is 15.0 Å². The monoisotopic (exact) mass is 473 g/mol. The van der Waals surface area contributed by atoms with E-state index in [1.807, 2.05) is 61.1 Å². The first kappa shape index (κ1) is 24.7. The van der Waals surface area contributed by atoms with E-state index in [9.17, 15) is 4.79 Å². The van der Waals surface area contributed by atoms with Crippen LogP contribution in [0.25, 0.3) is 11.3 Å². The first-order valence-corrected chi connectivity index (χ1v) is 12.5. The minimum atomic E-state index is 0.121. The van der Waals surface area contributed by atoms with Crippen molar-refractivity contribution < 1.29 is 9.53 Å². The highest BCUT2D eigenvalue weighted by atomic mass is 16.5. The number of unbranched alkanes of at least 4 members (excludes halogenated alkanes) is 2. The molecular weight excluding hydrogens is 438 g/mol. The Bertz CT molecular complexity index is 1050. The largest absolute Gasteiger partial charge is 0.497 e. The Morgan fingerprint density at radius 3 is 2.46 bits per heavy atom. The number of rotatable bonds is 11. The summed E-state index contributed by atoms with van der Waals surface area (Å²) in [6, 6.07) is 16.0. The molecule has 1 fully saturated rings. The Morgan fingerprint density at radius 1 is 0.943 bits per heavy atom. The van der Waals surface area contributed by atoms with Gasteiger partial charge in [-0.3, -0.25) is 19.7 Å². The molecule has 35 heavy (non-hydrogen) atoms. The highest BCUT2D eigenvalue weighted by Crippen LogP contribution is 2.28. The Kier molecular flexibility index (Phi) is 9.06. The standard InChI is InChI=1S/C28H35N5O2/c1-35-25-10-8-23(9-11-25)22-31-27(34)7-3-2-4-17-32-18-20-33(21-19-32)26-6-5-14-30-28(26)24-12-15-29-16-13-24/h5-6,8-16H,2-4,7,17-22H2,1H3,(H,31,34). The molecule has 7 heteroatoms. The number of anilines is 1. The summed E-state index contributed by atoms with van der Waals surface area (Å²) in [4.78, 5) is 25.9. The van der Waals surface area contributed by atoms with Crippen molar-refractivity contribution in [3.8, 4) is 17.0 Å². The number of methoxy groups -OCH3 is 1. The highest BCUT2D eigenvalue weighted by Gasteiger charge is 2.20. The normalized spacial score (nSPS) is 14.0. The summed E-state index contributed by atoms with van der Waals surface area (Å²) in [6.45, 7) is 5.74. The maximum absolute atomic E-state index is 12.1. The van der Waals surface area contributed by atoms with E-state index in [0.717, 1.165) is 74.6 Å². The molecule has 1 aromatic carbocycles. The van der Waals surface area contributed by atoms with Gasteiger partial charge in [-0.1, -0.05) is 18.6 Å². The summed E-state index contributed by atoms with van der Waals surface area (Å²) in [5, 5.41) is 3.01. The van der Waals surface area contributed by atoms with Crippen LogP contribution in [0.2, 0.25) is 0 Å². The van der Waals surface area contributed by atoms with Crippen molar-refractivity contribution in [1.82, 2.24) is 20.2 Å². The molecule has 7 nitrogen and oxygen atoms in total. The fourth-order valence-electron chi connectivity index (χ4n) is 4.43. The third kappa shape index (κ3) is 7.26. The van der Waals surface area contributed by atoms with E-state index in [2.05, 4.69) is 31.2 Å². The number of benzene rings is 1. The number of nitrogens with one attached hydrogen (secondary N) is 1. The van der Waals surface area contributed by atoms with Gasteiger partial charge >= 0.3 is 0 Å². The lowest BCUT2D eigenvalue weighted by atomic mass is 10.1. The molecule has 3 heterocycles. The number of aromatic nitrogens is 2. The number of amides is 1. The van der Waals surface area contributed by atoms with Crippen molar-refractivity contribution in [3.63, 3.8) is 0 Å². The topological polar surface area (TPSA) is 70.6 Å². The van der Waals surface area contributed by atoms with Crippen molar-refractivity contribution in [3.05, 3.63) is 72.7 Å². The van der Waals surface area contributed by atoms with Gasteiger partial charge in [0.15, 0.2) is 0 Å². The van der Waals surface area contributed by atoms with E-state index in [-0.39, 0.29) is 5.91 Å². The van der Waals surface area contributed by atoms with E-state index < -0.39 is 0 Å². The summed E-state index contributed by atoms with van der Waals surface area (Å²) < 4.78 is 5.16. The molecule has 1 aliphatic heterocycles. The van der Waals surface area contributed by atoms with Crippen LogP contribution >= 0.6 is 0 Å². The maximum atomic E-state index is 12.1. The van der Waals surface area contributed by atoms with Gasteiger partial charge in [-0.15, -0.1) is 0 Å². The number of hydrogen-bond donors (Lipinski definition) is 1. The zero-order chi connectivity index (χ0) is 24.3. The smallest absolute Gasteiger partial charge is 0.220 e. The summed E-state index contributed by atoms with van der Waals surface area (Å²) >= 11 is 0. The van der Waals surface area contributed by atoms with Crippen molar-refractivity contribution in [2.45, 2.75) is 32.2 Å². The molecule has 2 aromatic heterocycles. The molecule has 1 aliphatic rings. The summed E-state index contributed by atoms with van der Waals surface area (Å²) in [5.41, 5.74) is 4.40. The second-order valence-electron chi connectivity index (χ2n) is 8.87. The highest BCUT2D eigenvalue weighted by molar-refractivity contribution is 5.76. The van der Waals surface area contributed by atoms with E-state index >= 15 is 0 Å². The van der Waals surface area contributed by atoms with Crippen LogP contribution in [0.4, 0.5) is 5.69 Å². The molecule has 1 N–H and O–H groups in total. The van der Waals surface area contributed by atoms with Crippen molar-refractivity contribution >= 4 is 11.6 Å². The van der Waals surface area contributed by atoms with E-state index in [1.54, 1.807) is 7.11 Å². The van der Waals surface area contributed by atoms with Gasteiger partial charge in [0.1, 0.15) is 5.75 Å². The average Bonchev–Trinajstić information content (AvgIpc) is 2.93. The minimum Gasteiger partial charge on any atom is -0.497 e. The van der Waals surface area contributed by atoms with E-state index in [1.165, 1.54) is 5.69 Å². The first-order chi connectivity index (χ1) is 17.2. The third-order valence-electron chi connectivity index (χ3n) is 6.48. The van der Waals surface area contributed by atoms with Gasteiger partial charge in [0, 0.05) is 63.3 Å². The minimum absolute atomic E-state index is 0.121. The number of carbonyl (C=O) groups is 1. The second kappa shape index (κ2) is 12.9. The van der Waals surface area contributed by atoms with Gasteiger partial charge in [0.05, 0.1) is 18.5 Å². The van der Waals surface area contributed by atoms with Crippen LogP contribution in [-0.4, -0.2) is 60.6 Å². The zero-order valence-electron chi connectivity index (χ0n) is 20.5. The molecule has 0 spiro atoms. The molecule has 0 atom stereocenters. The summed E-state index contributed by atoms with van der Waals surface area (Å²) in [6.07, 6.45) is 9.20. The van der Waals surface area contributed by atoms with Crippen LogP contribution in [0.3, 0.4) is 0 Å². The zero-order valence-corrected chi connectivity index (χ0v) is 20.5. The molecule has 0 bridgehead atoms. The number of pyridine rings is 2. The Balaban J connectivity index is 1.12. The van der Waals surface area contributed by atoms with Crippen LogP contribution in [-0.2, 0) is 11.3 Å². The number of hydrogen-bond acceptors (Lipinski definition) is 6. The third-order valence-corrected chi connectivity index (χ3v) is 6.48. The van der Waals surface area contributed by atoms with Crippen molar-refractivity contribution in [2.24, 2.45) is 0 Å². The average molecular weight is 474 g/mol. The van der Waals surface area contributed by atoms with Gasteiger partial charge in [-0.2, -0.15) is 0 Å². The Morgan fingerprint density at radius 2 is 1.71 bits per heavy atom. The maximum Gasteiger partial charge on any atom is 0.220 e. The number of piperazine rings is 1. The number of ether oxygens (including phenoxy) is 1. The number of carbonyl (C=O) groups excluding carboxylic acids is 1. The molecule has 0 saturated carbocycles. The lowest BCUT2D eigenvalue weighted by molar-refractivity contribution is -0.121. The van der Waals surface area contributed by atoms with Gasteiger partial charge in [0.25, 0.3) is 0 Å². The predicted molar refractivity (Wildman–Crippen MR) is 139 cm³/mol. The molecule has 0 aliphatic carbocycles. The number of nitrogens with zero attached hydrogens (tertiary/aromatic N) is 4. The molecule has 1 saturated heterocycles. The van der Waals surface area contributed by atoms with Crippen LogP contribution in [0.15, 0.2) is 67.1 Å². The van der Waals surface area contributed by atoms with Crippen LogP contribution in [0, 0.1) is 0 Å². The van der Waals surface area contributed by atoms with Gasteiger partial charge in [0.2, 0.25) is 5.91 Å². The lowest BCUT2D eigenvalue weighted by Gasteiger charge is -2.36. The lowest BCUT2D eigenvalue weighted by Crippen LogP contribution is -2.46. The van der Waals surface area contributed by atoms with Gasteiger partial charge < -0.3 is 15.0 Å². The fourth-order valence-corrected chi connectivity index (χ4v) is 4.43. The van der Waals surface area contributed by atoms with Crippen LogP contribution in [0.5, 0.6) is 5.75 Å².